The summed E-state index contributed by atoms with van der Waals surface area (Å²) in [4.78, 5) is 25.3. The minimum absolute atomic E-state index is 0.107. The fraction of sp³-hybridized carbons (Fsp3) is 0.312. The molecule has 1 saturated heterocycles. The van der Waals surface area contributed by atoms with Crippen molar-refractivity contribution in [1.82, 2.24) is 14.7 Å². The third kappa shape index (κ3) is 3.40. The van der Waals surface area contributed by atoms with E-state index in [9.17, 15) is 9.59 Å². The first-order valence-corrected chi connectivity index (χ1v) is 7.37. The summed E-state index contributed by atoms with van der Waals surface area (Å²) in [5.41, 5.74) is 1.23. The molecule has 1 atom stereocenters. The number of amides is 1. The molecular weight excluding hydrogens is 298 g/mol. The lowest BCUT2D eigenvalue weighted by Crippen LogP contribution is -2.46. The van der Waals surface area contributed by atoms with Gasteiger partial charge in [0.15, 0.2) is 0 Å². The highest BCUT2D eigenvalue weighted by atomic mass is 16.5. The lowest BCUT2D eigenvalue weighted by atomic mass is 10.1. The van der Waals surface area contributed by atoms with Gasteiger partial charge in [0.25, 0.3) is 5.91 Å². The molecule has 0 saturated carbocycles. The van der Waals surface area contributed by atoms with Gasteiger partial charge >= 0.3 is 5.97 Å². The molecule has 1 amide bonds. The van der Waals surface area contributed by atoms with Gasteiger partial charge < -0.3 is 14.7 Å². The predicted molar refractivity (Wildman–Crippen MR) is 81.5 cm³/mol. The van der Waals surface area contributed by atoms with Gasteiger partial charge in [-0.2, -0.15) is 5.10 Å². The summed E-state index contributed by atoms with van der Waals surface area (Å²) in [5, 5.41) is 13.1. The van der Waals surface area contributed by atoms with Crippen LogP contribution in [0.15, 0.2) is 42.7 Å². The Bertz CT molecular complexity index is 699. The Morgan fingerprint density at radius 3 is 2.87 bits per heavy atom. The molecule has 0 bridgehead atoms. The van der Waals surface area contributed by atoms with Gasteiger partial charge in [-0.05, 0) is 18.2 Å². The maximum Gasteiger partial charge on any atom is 0.306 e. The fourth-order valence-electron chi connectivity index (χ4n) is 2.66. The Labute approximate surface area is 133 Å². The minimum atomic E-state index is -0.929. The standard InChI is InChI=1S/C16H17N3O4/c20-15(21)10-12-11-18(8-9-23-12)16(22)13-4-1-2-5-14(13)19-7-3-6-17-19/h1-7,12H,8-11H2,(H,20,21). The lowest BCUT2D eigenvalue weighted by molar-refractivity contribution is -0.141. The zero-order chi connectivity index (χ0) is 16.2. The first-order valence-electron chi connectivity index (χ1n) is 7.37. The number of aromatic nitrogens is 2. The van der Waals surface area contributed by atoms with E-state index < -0.39 is 12.1 Å². The van der Waals surface area contributed by atoms with E-state index in [0.717, 1.165) is 0 Å². The fourth-order valence-corrected chi connectivity index (χ4v) is 2.66. The van der Waals surface area contributed by atoms with Gasteiger partial charge in [-0.25, -0.2) is 4.68 Å². The van der Waals surface area contributed by atoms with Gasteiger partial charge in [0, 0.05) is 25.5 Å². The molecule has 1 unspecified atom stereocenters. The number of para-hydroxylation sites is 1. The Morgan fingerprint density at radius 2 is 2.13 bits per heavy atom. The van der Waals surface area contributed by atoms with Crippen LogP contribution in [0.25, 0.3) is 5.69 Å². The number of morpholine rings is 1. The van der Waals surface area contributed by atoms with E-state index in [1.165, 1.54) is 0 Å². The summed E-state index contributed by atoms with van der Waals surface area (Å²) in [6, 6.07) is 9.02. The van der Waals surface area contributed by atoms with E-state index in [-0.39, 0.29) is 18.9 Å². The van der Waals surface area contributed by atoms with Gasteiger partial charge in [-0.15, -0.1) is 0 Å². The van der Waals surface area contributed by atoms with Gasteiger partial charge in [0.05, 0.1) is 30.4 Å². The van der Waals surface area contributed by atoms with Crippen LogP contribution in [0.3, 0.4) is 0 Å². The Morgan fingerprint density at radius 1 is 1.30 bits per heavy atom. The lowest BCUT2D eigenvalue weighted by Gasteiger charge is -2.32. The highest BCUT2D eigenvalue weighted by Crippen LogP contribution is 2.18. The number of carboxylic acid groups (broad SMARTS) is 1. The van der Waals surface area contributed by atoms with Crippen LogP contribution in [-0.4, -0.2) is 57.5 Å². The molecule has 3 rings (SSSR count). The van der Waals surface area contributed by atoms with Crippen LogP contribution in [-0.2, 0) is 9.53 Å². The number of nitrogens with zero attached hydrogens (tertiary/aromatic N) is 3. The van der Waals surface area contributed by atoms with E-state index >= 15 is 0 Å². The summed E-state index contributed by atoms with van der Waals surface area (Å²) < 4.78 is 7.06. The molecule has 1 fully saturated rings. The van der Waals surface area contributed by atoms with Crippen LogP contribution in [0.1, 0.15) is 16.8 Å². The topological polar surface area (TPSA) is 84.7 Å². The van der Waals surface area contributed by atoms with Crippen molar-refractivity contribution in [2.45, 2.75) is 12.5 Å². The second-order valence-corrected chi connectivity index (χ2v) is 5.31. The molecule has 1 aliphatic heterocycles. The van der Waals surface area contributed by atoms with Crippen molar-refractivity contribution in [2.24, 2.45) is 0 Å². The monoisotopic (exact) mass is 315 g/mol. The maximum absolute atomic E-state index is 12.8. The third-order valence-corrected chi connectivity index (χ3v) is 3.71. The summed E-state index contributed by atoms with van der Waals surface area (Å²) in [6.45, 7) is 1.06. The van der Waals surface area contributed by atoms with Crippen molar-refractivity contribution in [1.29, 1.82) is 0 Å². The zero-order valence-electron chi connectivity index (χ0n) is 12.5. The first-order chi connectivity index (χ1) is 11.1. The van der Waals surface area contributed by atoms with Crippen molar-refractivity contribution in [3.05, 3.63) is 48.3 Å². The largest absolute Gasteiger partial charge is 0.481 e. The van der Waals surface area contributed by atoms with Gasteiger partial charge in [-0.1, -0.05) is 12.1 Å². The quantitative estimate of drug-likeness (QED) is 0.916. The summed E-state index contributed by atoms with van der Waals surface area (Å²) >= 11 is 0. The Balaban J connectivity index is 1.82. The molecule has 1 aromatic heterocycles. The summed E-state index contributed by atoms with van der Waals surface area (Å²) in [5.74, 6) is -1.07. The van der Waals surface area contributed by atoms with Crippen LogP contribution in [0.4, 0.5) is 0 Å². The van der Waals surface area contributed by atoms with Gasteiger partial charge in [0.1, 0.15) is 0 Å². The van der Waals surface area contributed by atoms with E-state index in [1.807, 2.05) is 12.1 Å². The number of carbonyl (C=O) groups excluding carboxylic acids is 1. The van der Waals surface area contributed by atoms with E-state index in [4.69, 9.17) is 9.84 Å². The number of carboxylic acids is 1. The van der Waals surface area contributed by atoms with E-state index in [2.05, 4.69) is 5.10 Å². The predicted octanol–water partition coefficient (Wildman–Crippen LogP) is 1.19. The highest BCUT2D eigenvalue weighted by Gasteiger charge is 2.27. The van der Waals surface area contributed by atoms with Crippen molar-refractivity contribution < 1.29 is 19.4 Å². The summed E-state index contributed by atoms with van der Waals surface area (Å²) in [7, 11) is 0. The number of aliphatic carboxylic acids is 1. The van der Waals surface area contributed by atoms with Crippen molar-refractivity contribution in [3.8, 4) is 5.69 Å². The van der Waals surface area contributed by atoms with Crippen LogP contribution in [0.2, 0.25) is 0 Å². The molecule has 2 aromatic rings. The summed E-state index contributed by atoms with van der Waals surface area (Å²) in [6.07, 6.45) is 2.85. The van der Waals surface area contributed by atoms with Crippen LogP contribution < -0.4 is 0 Å². The van der Waals surface area contributed by atoms with Crippen LogP contribution in [0.5, 0.6) is 0 Å². The molecule has 7 heteroatoms. The van der Waals surface area contributed by atoms with Gasteiger partial charge in [0.2, 0.25) is 0 Å². The number of benzene rings is 1. The van der Waals surface area contributed by atoms with E-state index in [1.54, 1.807) is 40.2 Å². The second kappa shape index (κ2) is 6.62. The van der Waals surface area contributed by atoms with Crippen LogP contribution in [0, 0.1) is 0 Å². The number of ether oxygens (including phenoxy) is 1. The van der Waals surface area contributed by atoms with Crippen LogP contribution >= 0.6 is 0 Å². The number of hydrogen-bond donors (Lipinski definition) is 1. The van der Waals surface area contributed by atoms with E-state index in [0.29, 0.717) is 24.4 Å². The maximum atomic E-state index is 12.8. The highest BCUT2D eigenvalue weighted by molar-refractivity contribution is 5.97. The molecule has 0 aliphatic carbocycles. The smallest absolute Gasteiger partial charge is 0.306 e. The van der Waals surface area contributed by atoms with Crippen molar-refractivity contribution in [3.63, 3.8) is 0 Å². The van der Waals surface area contributed by atoms with Crippen molar-refractivity contribution >= 4 is 11.9 Å². The SMILES string of the molecule is O=C(O)CC1CN(C(=O)c2ccccc2-n2cccn2)CCO1. The molecule has 7 nitrogen and oxygen atoms in total. The molecule has 1 aliphatic rings. The normalized spacial score (nSPS) is 17.9. The number of rotatable bonds is 4. The van der Waals surface area contributed by atoms with Gasteiger partial charge in [-0.3, -0.25) is 9.59 Å². The number of hydrogen-bond acceptors (Lipinski definition) is 4. The molecule has 0 spiro atoms. The molecular formula is C16H17N3O4. The third-order valence-electron chi connectivity index (χ3n) is 3.71. The number of carbonyl (C=O) groups is 2. The zero-order valence-corrected chi connectivity index (χ0v) is 12.5. The molecule has 1 aromatic carbocycles. The molecule has 23 heavy (non-hydrogen) atoms. The molecule has 1 N–H and O–H groups in total. The molecule has 0 radical (unpaired) electrons. The minimum Gasteiger partial charge on any atom is -0.481 e. The molecule has 2 heterocycles. The second-order valence-electron chi connectivity index (χ2n) is 5.31. The average molecular weight is 315 g/mol. The molecule has 120 valence electrons. The van der Waals surface area contributed by atoms with Crippen molar-refractivity contribution in [2.75, 3.05) is 19.7 Å². The Kier molecular flexibility index (Phi) is 4.38. The Hall–Kier alpha value is -2.67. The first kappa shape index (κ1) is 15.2. The average Bonchev–Trinajstić information content (AvgIpc) is 3.08.